The van der Waals surface area contributed by atoms with Crippen molar-refractivity contribution in [1.82, 2.24) is 9.88 Å². The van der Waals surface area contributed by atoms with E-state index in [1.54, 1.807) is 25.4 Å². The van der Waals surface area contributed by atoms with Gasteiger partial charge >= 0.3 is 0 Å². The Kier molecular flexibility index (Phi) is 8.47. The van der Waals surface area contributed by atoms with Crippen molar-refractivity contribution in [2.45, 2.75) is 6.10 Å². The van der Waals surface area contributed by atoms with E-state index in [0.717, 1.165) is 34.9 Å². The number of β-amino-alcohol motifs (C(OH)–C–C–N with tert-alkyl or cyclic N) is 1. The van der Waals surface area contributed by atoms with Gasteiger partial charge in [0.15, 0.2) is 11.5 Å². The summed E-state index contributed by atoms with van der Waals surface area (Å²) in [5, 5.41) is 18.1. The Morgan fingerprint density at radius 2 is 1.88 bits per heavy atom. The molecule has 9 nitrogen and oxygen atoms in total. The van der Waals surface area contributed by atoms with Crippen molar-refractivity contribution in [3.05, 3.63) is 83.2 Å². The molecule has 0 spiro atoms. The summed E-state index contributed by atoms with van der Waals surface area (Å²) in [6.45, 7) is 3.61. The number of aliphatic hydroxyl groups excluding tert-OH is 1. The molecule has 3 aromatic carbocycles. The molecule has 6 rings (SSSR count). The van der Waals surface area contributed by atoms with Gasteiger partial charge in [0, 0.05) is 43.0 Å². The average molecular weight is 586 g/mol. The number of carbonyl (C=O) groups excluding carboxylic acids is 1. The number of thiophene rings is 1. The molecule has 1 amide bonds. The minimum absolute atomic E-state index is 0.123. The van der Waals surface area contributed by atoms with Crippen molar-refractivity contribution >= 4 is 44.6 Å². The number of rotatable bonds is 10. The molecule has 1 fully saturated rings. The Balaban J connectivity index is 1.16. The fourth-order valence-electron chi connectivity index (χ4n) is 4.90. The van der Waals surface area contributed by atoms with Crippen LogP contribution >= 0.6 is 11.3 Å². The highest BCUT2D eigenvalue weighted by Gasteiger charge is 2.18. The zero-order valence-electron chi connectivity index (χ0n) is 23.1. The largest absolute Gasteiger partial charge is 0.493 e. The number of carbonyl (C=O) groups is 1. The van der Waals surface area contributed by atoms with Crippen LogP contribution in [0.25, 0.3) is 21.7 Å². The summed E-state index contributed by atoms with van der Waals surface area (Å²) < 4.78 is 23.3. The van der Waals surface area contributed by atoms with Crippen molar-refractivity contribution in [2.24, 2.45) is 0 Å². The number of morpholine rings is 1. The van der Waals surface area contributed by atoms with Crippen LogP contribution in [0.4, 0.5) is 5.69 Å². The monoisotopic (exact) mass is 585 g/mol. The second-order valence-corrected chi connectivity index (χ2v) is 10.9. The van der Waals surface area contributed by atoms with Gasteiger partial charge < -0.3 is 29.4 Å². The minimum Gasteiger partial charge on any atom is -0.493 e. The summed E-state index contributed by atoms with van der Waals surface area (Å²) in [7, 11) is 1.58. The summed E-state index contributed by atoms with van der Waals surface area (Å²) in [6, 6.07) is 20.7. The van der Waals surface area contributed by atoms with Crippen LogP contribution in [-0.2, 0) is 4.74 Å². The second kappa shape index (κ2) is 12.7. The first-order valence-electron chi connectivity index (χ1n) is 13.7. The third kappa shape index (κ3) is 6.47. The summed E-state index contributed by atoms with van der Waals surface area (Å²) >= 11 is 1.41. The van der Waals surface area contributed by atoms with E-state index in [4.69, 9.17) is 18.9 Å². The standard InChI is InChI=1S/C32H31N3O6S/c1-38-29-17-26-27(18-30(29)40-20-24(36)19-35-10-12-39-13-11-35)33-9-8-28(26)41-25-7-5-21-15-23(6-4-22(21)16-25)34-32(37)31-3-2-14-42-31/h2-9,14-18,24,36H,10-13,19-20H2,1H3,(H,34,37). The molecule has 1 aliphatic heterocycles. The lowest BCUT2D eigenvalue weighted by Gasteiger charge is -2.28. The Morgan fingerprint density at radius 3 is 2.69 bits per heavy atom. The van der Waals surface area contributed by atoms with E-state index >= 15 is 0 Å². The first-order valence-corrected chi connectivity index (χ1v) is 14.6. The SMILES string of the molecule is COc1cc2c(Oc3ccc4cc(NC(=O)c5cccs5)ccc4c3)ccnc2cc1OCC(O)CN1CCOCC1. The highest BCUT2D eigenvalue weighted by atomic mass is 32.1. The highest BCUT2D eigenvalue weighted by Crippen LogP contribution is 2.37. The minimum atomic E-state index is -0.646. The molecule has 1 atom stereocenters. The van der Waals surface area contributed by atoms with E-state index in [1.165, 1.54) is 11.3 Å². The Bertz CT molecular complexity index is 1690. The molecule has 2 aromatic heterocycles. The smallest absolute Gasteiger partial charge is 0.265 e. The van der Waals surface area contributed by atoms with E-state index in [9.17, 15) is 9.90 Å². The van der Waals surface area contributed by atoms with Crippen LogP contribution in [0.1, 0.15) is 9.67 Å². The predicted octanol–water partition coefficient (Wildman–Crippen LogP) is 5.57. The third-order valence-electron chi connectivity index (χ3n) is 7.03. The summed E-state index contributed by atoms with van der Waals surface area (Å²) in [5.41, 5.74) is 1.41. The maximum absolute atomic E-state index is 12.4. The van der Waals surface area contributed by atoms with Crippen LogP contribution in [0.15, 0.2) is 78.3 Å². The van der Waals surface area contributed by atoms with Gasteiger partial charge in [-0.15, -0.1) is 11.3 Å². The quantitative estimate of drug-likeness (QED) is 0.219. The lowest BCUT2D eigenvalue weighted by Crippen LogP contribution is -2.42. The summed E-state index contributed by atoms with van der Waals surface area (Å²) in [5.74, 6) is 2.19. The Labute approximate surface area is 247 Å². The first kappa shape index (κ1) is 27.9. The van der Waals surface area contributed by atoms with Crippen LogP contribution < -0.4 is 19.5 Å². The number of benzene rings is 3. The highest BCUT2D eigenvalue weighted by molar-refractivity contribution is 7.12. The average Bonchev–Trinajstić information content (AvgIpc) is 3.56. The number of ether oxygens (including phenoxy) is 4. The molecule has 1 unspecified atom stereocenters. The van der Waals surface area contributed by atoms with Crippen LogP contribution in [0.3, 0.4) is 0 Å². The molecular formula is C32H31N3O6S. The summed E-state index contributed by atoms with van der Waals surface area (Å²) in [4.78, 5) is 19.8. The van der Waals surface area contributed by atoms with E-state index in [1.807, 2.05) is 60.0 Å². The molecule has 216 valence electrons. The maximum Gasteiger partial charge on any atom is 0.265 e. The van der Waals surface area contributed by atoms with Gasteiger partial charge in [0.25, 0.3) is 5.91 Å². The van der Waals surface area contributed by atoms with Gasteiger partial charge in [-0.2, -0.15) is 0 Å². The zero-order valence-corrected chi connectivity index (χ0v) is 23.9. The normalized spacial score (nSPS) is 14.5. The second-order valence-electron chi connectivity index (χ2n) is 9.96. The van der Waals surface area contributed by atoms with Gasteiger partial charge in [0.1, 0.15) is 24.2 Å². The van der Waals surface area contributed by atoms with E-state index < -0.39 is 6.10 Å². The molecule has 0 bridgehead atoms. The lowest BCUT2D eigenvalue weighted by molar-refractivity contribution is 0.00446. The number of nitrogens with zero attached hydrogens (tertiary/aromatic N) is 2. The lowest BCUT2D eigenvalue weighted by atomic mass is 10.1. The van der Waals surface area contributed by atoms with Gasteiger partial charge in [-0.05, 0) is 58.6 Å². The van der Waals surface area contributed by atoms with E-state index in [2.05, 4.69) is 15.2 Å². The molecule has 3 heterocycles. The third-order valence-corrected chi connectivity index (χ3v) is 7.90. The zero-order chi connectivity index (χ0) is 28.9. The van der Waals surface area contributed by atoms with Crippen LogP contribution in [0, 0.1) is 0 Å². The van der Waals surface area contributed by atoms with Crippen LogP contribution in [-0.4, -0.2) is 73.6 Å². The maximum atomic E-state index is 12.4. The number of fused-ring (bicyclic) bond motifs is 2. The Morgan fingerprint density at radius 1 is 1.05 bits per heavy atom. The van der Waals surface area contributed by atoms with Crippen molar-refractivity contribution in [2.75, 3.05) is 51.9 Å². The van der Waals surface area contributed by atoms with Gasteiger partial charge in [0.05, 0.1) is 30.7 Å². The topological polar surface area (TPSA) is 102 Å². The van der Waals surface area contributed by atoms with Gasteiger partial charge in [0.2, 0.25) is 0 Å². The molecule has 2 N–H and O–H groups in total. The number of anilines is 1. The van der Waals surface area contributed by atoms with Gasteiger partial charge in [-0.25, -0.2) is 0 Å². The molecule has 1 aliphatic rings. The number of hydrogen-bond acceptors (Lipinski definition) is 9. The van der Waals surface area contributed by atoms with Crippen molar-refractivity contribution in [3.8, 4) is 23.0 Å². The number of amides is 1. The Hall–Kier alpha value is -4.22. The summed E-state index contributed by atoms with van der Waals surface area (Å²) in [6.07, 6.45) is 1.04. The number of methoxy groups -OCH3 is 1. The van der Waals surface area contributed by atoms with E-state index in [0.29, 0.717) is 53.2 Å². The van der Waals surface area contributed by atoms with Crippen molar-refractivity contribution < 1.29 is 28.8 Å². The molecule has 5 aromatic rings. The van der Waals surface area contributed by atoms with Gasteiger partial charge in [-0.1, -0.05) is 18.2 Å². The molecule has 1 saturated heterocycles. The number of pyridine rings is 1. The molecule has 0 aliphatic carbocycles. The fraction of sp³-hybridized carbons (Fsp3) is 0.250. The number of aromatic nitrogens is 1. The first-order chi connectivity index (χ1) is 20.6. The van der Waals surface area contributed by atoms with Crippen molar-refractivity contribution in [1.29, 1.82) is 0 Å². The van der Waals surface area contributed by atoms with Crippen molar-refractivity contribution in [3.63, 3.8) is 0 Å². The fourth-order valence-corrected chi connectivity index (χ4v) is 5.52. The van der Waals surface area contributed by atoms with Crippen LogP contribution in [0.2, 0.25) is 0 Å². The number of hydrogen-bond donors (Lipinski definition) is 2. The molecule has 0 saturated carbocycles. The molecule has 10 heteroatoms. The number of aliphatic hydroxyl groups is 1. The number of nitrogens with one attached hydrogen (secondary N) is 1. The predicted molar refractivity (Wildman–Crippen MR) is 163 cm³/mol. The molecular weight excluding hydrogens is 554 g/mol. The van der Waals surface area contributed by atoms with Crippen LogP contribution in [0.5, 0.6) is 23.0 Å². The van der Waals surface area contributed by atoms with Gasteiger partial charge in [-0.3, -0.25) is 14.7 Å². The molecule has 42 heavy (non-hydrogen) atoms. The molecule has 0 radical (unpaired) electrons. The van der Waals surface area contributed by atoms with E-state index in [-0.39, 0.29) is 12.5 Å².